The third-order valence-corrected chi connectivity index (χ3v) is 2.87. The van der Waals surface area contributed by atoms with E-state index in [1.54, 1.807) is 0 Å². The molecule has 0 fully saturated rings. The van der Waals surface area contributed by atoms with E-state index in [9.17, 15) is 4.39 Å². The molecule has 0 atom stereocenters. The zero-order valence-electron chi connectivity index (χ0n) is 7.69. The van der Waals surface area contributed by atoms with Crippen LogP contribution in [0.4, 0.5) is 4.39 Å². The van der Waals surface area contributed by atoms with Gasteiger partial charge < -0.3 is 0 Å². The summed E-state index contributed by atoms with van der Waals surface area (Å²) in [6, 6.07) is 1.29. The fraction of sp³-hybridized carbons (Fsp3) is 0.500. The Bertz CT molecular complexity index is 360. The Morgan fingerprint density at radius 2 is 2.23 bits per heavy atom. The van der Waals surface area contributed by atoms with Crippen LogP contribution in [0, 0.1) is 5.82 Å². The zero-order chi connectivity index (χ0) is 9.64. The highest BCUT2D eigenvalue weighted by atomic mass is 35.5. The number of hydrogen-bond acceptors (Lipinski definition) is 1. The first kappa shape index (κ1) is 8.95. The van der Waals surface area contributed by atoms with Crippen molar-refractivity contribution in [1.29, 1.82) is 0 Å². The second kappa shape index (κ2) is 2.68. The van der Waals surface area contributed by atoms with Crippen LogP contribution in [0.1, 0.15) is 31.5 Å². The Kier molecular flexibility index (Phi) is 1.84. The van der Waals surface area contributed by atoms with E-state index in [-0.39, 0.29) is 16.4 Å². The van der Waals surface area contributed by atoms with Gasteiger partial charge in [-0.3, -0.25) is 0 Å². The van der Waals surface area contributed by atoms with Gasteiger partial charge in [0, 0.05) is 17.0 Å². The first-order valence-corrected chi connectivity index (χ1v) is 4.74. The smallest absolute Gasteiger partial charge is 0.132 e. The molecule has 1 aromatic heterocycles. The van der Waals surface area contributed by atoms with Crippen LogP contribution in [0.3, 0.4) is 0 Å². The molecule has 0 aliphatic heterocycles. The number of pyridine rings is 1. The van der Waals surface area contributed by atoms with Crippen LogP contribution in [0.25, 0.3) is 0 Å². The van der Waals surface area contributed by atoms with Crippen molar-refractivity contribution < 1.29 is 4.39 Å². The molecule has 0 bridgehead atoms. The third kappa shape index (κ3) is 1.33. The zero-order valence-corrected chi connectivity index (χ0v) is 8.45. The molecule has 13 heavy (non-hydrogen) atoms. The van der Waals surface area contributed by atoms with Gasteiger partial charge in [-0.25, -0.2) is 9.37 Å². The highest BCUT2D eigenvalue weighted by Crippen LogP contribution is 2.38. The minimum atomic E-state index is -0.208. The summed E-state index contributed by atoms with van der Waals surface area (Å²) in [5, 5.41) is 0.256. The number of fused-ring (bicyclic) bond motifs is 1. The van der Waals surface area contributed by atoms with Crippen molar-refractivity contribution >= 4 is 11.6 Å². The van der Waals surface area contributed by atoms with Crippen LogP contribution >= 0.6 is 11.6 Å². The van der Waals surface area contributed by atoms with E-state index in [0.29, 0.717) is 0 Å². The molecule has 1 heterocycles. The molecule has 0 amide bonds. The van der Waals surface area contributed by atoms with E-state index in [2.05, 4.69) is 18.8 Å². The predicted octanol–water partition coefficient (Wildman–Crippen LogP) is 3.10. The van der Waals surface area contributed by atoms with Gasteiger partial charge in [0.25, 0.3) is 0 Å². The summed E-state index contributed by atoms with van der Waals surface area (Å²) in [6.45, 7) is 4.14. The lowest BCUT2D eigenvalue weighted by Gasteiger charge is -2.17. The van der Waals surface area contributed by atoms with Crippen molar-refractivity contribution in [1.82, 2.24) is 4.98 Å². The van der Waals surface area contributed by atoms with Crippen molar-refractivity contribution in [3.63, 3.8) is 0 Å². The van der Waals surface area contributed by atoms with Crippen molar-refractivity contribution in [2.24, 2.45) is 0 Å². The van der Waals surface area contributed by atoms with E-state index in [1.165, 1.54) is 6.07 Å². The van der Waals surface area contributed by atoms with Crippen LogP contribution in [0.15, 0.2) is 6.07 Å². The molecule has 0 N–H and O–H groups in total. The summed E-state index contributed by atoms with van der Waals surface area (Å²) in [5.41, 5.74) is 1.55. The molecule has 1 aliphatic rings. The van der Waals surface area contributed by atoms with Crippen molar-refractivity contribution in [2.75, 3.05) is 0 Å². The fourth-order valence-corrected chi connectivity index (χ4v) is 2.05. The van der Waals surface area contributed by atoms with Gasteiger partial charge in [-0.1, -0.05) is 25.4 Å². The standard InChI is InChI=1S/C10H11ClFN/c1-10(2)4-3-6-7(12)5-8(11)13-9(6)10/h5H,3-4H2,1-2H3. The molecule has 0 saturated carbocycles. The molecule has 0 radical (unpaired) electrons. The minimum absolute atomic E-state index is 0.0267. The number of nitrogens with zero attached hydrogens (tertiary/aromatic N) is 1. The van der Waals surface area contributed by atoms with E-state index in [4.69, 9.17) is 11.6 Å². The SMILES string of the molecule is CC1(C)CCc2c(F)cc(Cl)nc21. The molecule has 3 heteroatoms. The number of halogens is 2. The Morgan fingerprint density at radius 3 is 2.92 bits per heavy atom. The summed E-state index contributed by atoms with van der Waals surface area (Å²) < 4.78 is 13.4. The van der Waals surface area contributed by atoms with E-state index >= 15 is 0 Å². The average molecular weight is 200 g/mol. The molecule has 70 valence electrons. The van der Waals surface area contributed by atoms with Crippen LogP contribution in [0.2, 0.25) is 5.15 Å². The van der Waals surface area contributed by atoms with E-state index < -0.39 is 0 Å². The Hall–Kier alpha value is -0.630. The largest absolute Gasteiger partial charge is 0.240 e. The molecule has 0 saturated heterocycles. The first-order chi connectivity index (χ1) is 6.00. The molecule has 1 aliphatic carbocycles. The lowest BCUT2D eigenvalue weighted by atomic mass is 9.90. The van der Waals surface area contributed by atoms with Gasteiger partial charge in [-0.05, 0) is 12.8 Å². The molecule has 0 unspecified atom stereocenters. The van der Waals surface area contributed by atoms with Crippen molar-refractivity contribution in [3.8, 4) is 0 Å². The van der Waals surface area contributed by atoms with Crippen molar-refractivity contribution in [3.05, 3.63) is 28.3 Å². The topological polar surface area (TPSA) is 12.9 Å². The third-order valence-electron chi connectivity index (χ3n) is 2.68. The van der Waals surface area contributed by atoms with Gasteiger partial charge in [-0.15, -0.1) is 0 Å². The predicted molar refractivity (Wildman–Crippen MR) is 50.6 cm³/mol. The summed E-state index contributed by atoms with van der Waals surface area (Å²) in [5.74, 6) is -0.208. The Labute approximate surface area is 81.9 Å². The maximum atomic E-state index is 13.4. The Morgan fingerprint density at radius 1 is 1.54 bits per heavy atom. The second-order valence-corrected chi connectivity index (χ2v) is 4.53. The molecule has 1 nitrogen and oxygen atoms in total. The second-order valence-electron chi connectivity index (χ2n) is 4.14. The van der Waals surface area contributed by atoms with Gasteiger partial charge in [0.05, 0.1) is 5.69 Å². The molecule has 0 aromatic carbocycles. The van der Waals surface area contributed by atoms with Gasteiger partial charge in [0.2, 0.25) is 0 Å². The molecular formula is C10H11ClFN. The van der Waals surface area contributed by atoms with Crippen LogP contribution in [0.5, 0.6) is 0 Å². The highest BCUT2D eigenvalue weighted by molar-refractivity contribution is 6.29. The Balaban J connectivity index is 2.65. The molecule has 1 aromatic rings. The summed E-state index contributed by atoms with van der Waals surface area (Å²) in [6.07, 6.45) is 1.73. The highest BCUT2D eigenvalue weighted by Gasteiger charge is 2.33. The monoisotopic (exact) mass is 199 g/mol. The number of rotatable bonds is 0. The van der Waals surface area contributed by atoms with E-state index in [0.717, 1.165) is 24.1 Å². The molecule has 0 spiro atoms. The van der Waals surface area contributed by atoms with Gasteiger partial charge in [0.15, 0.2) is 0 Å². The van der Waals surface area contributed by atoms with Gasteiger partial charge in [-0.2, -0.15) is 0 Å². The maximum absolute atomic E-state index is 13.4. The van der Waals surface area contributed by atoms with Gasteiger partial charge >= 0.3 is 0 Å². The number of aromatic nitrogens is 1. The van der Waals surface area contributed by atoms with Crippen LogP contribution in [-0.4, -0.2) is 4.98 Å². The summed E-state index contributed by atoms with van der Waals surface area (Å²) in [4.78, 5) is 4.19. The maximum Gasteiger partial charge on any atom is 0.132 e. The lowest BCUT2D eigenvalue weighted by Crippen LogP contribution is -2.14. The quantitative estimate of drug-likeness (QED) is 0.586. The lowest BCUT2D eigenvalue weighted by molar-refractivity contribution is 0.509. The fourth-order valence-electron chi connectivity index (χ4n) is 1.86. The average Bonchev–Trinajstić information content (AvgIpc) is 2.28. The normalized spacial score (nSPS) is 18.8. The summed E-state index contributed by atoms with van der Waals surface area (Å²) >= 11 is 5.70. The first-order valence-electron chi connectivity index (χ1n) is 4.36. The van der Waals surface area contributed by atoms with E-state index in [1.807, 2.05) is 0 Å². The summed E-state index contributed by atoms with van der Waals surface area (Å²) in [7, 11) is 0. The van der Waals surface area contributed by atoms with Crippen molar-refractivity contribution in [2.45, 2.75) is 32.1 Å². The molecule has 2 rings (SSSR count). The van der Waals surface area contributed by atoms with Crippen LogP contribution in [-0.2, 0) is 11.8 Å². The molecular weight excluding hydrogens is 189 g/mol. The number of hydrogen-bond donors (Lipinski definition) is 0. The van der Waals surface area contributed by atoms with Crippen LogP contribution < -0.4 is 0 Å². The minimum Gasteiger partial charge on any atom is -0.240 e. The van der Waals surface area contributed by atoms with Gasteiger partial charge in [0.1, 0.15) is 11.0 Å².